The van der Waals surface area contributed by atoms with Gasteiger partial charge in [0.1, 0.15) is 11.7 Å². The molecule has 19 heavy (non-hydrogen) atoms. The number of pyridine rings is 1. The predicted octanol–water partition coefficient (Wildman–Crippen LogP) is 3.03. The highest BCUT2D eigenvalue weighted by Crippen LogP contribution is 2.24. The Morgan fingerprint density at radius 3 is 2.79 bits per heavy atom. The molecule has 2 rings (SSSR count). The maximum atomic E-state index is 7.51. The Morgan fingerprint density at radius 2 is 2.21 bits per heavy atom. The van der Waals surface area contributed by atoms with Gasteiger partial charge in [-0.3, -0.25) is 5.41 Å². The quantitative estimate of drug-likeness (QED) is 0.673. The summed E-state index contributed by atoms with van der Waals surface area (Å²) in [7, 11) is 1.96. The van der Waals surface area contributed by atoms with Crippen molar-refractivity contribution in [1.29, 1.82) is 5.41 Å². The fourth-order valence-corrected chi connectivity index (χ4v) is 2.89. The van der Waals surface area contributed by atoms with Crippen LogP contribution in [0.3, 0.4) is 0 Å². The lowest BCUT2D eigenvalue weighted by atomic mass is 10.2. The fraction of sp³-hybridized carbons (Fsp3) is 0.231. The normalized spacial score (nSPS) is 10.5. The Balaban J connectivity index is 2.23. The first-order valence-electron chi connectivity index (χ1n) is 5.74. The van der Waals surface area contributed by atoms with E-state index in [1.165, 1.54) is 4.88 Å². The maximum absolute atomic E-state index is 7.51. The van der Waals surface area contributed by atoms with E-state index < -0.39 is 0 Å². The van der Waals surface area contributed by atoms with Gasteiger partial charge in [0, 0.05) is 23.2 Å². The van der Waals surface area contributed by atoms with Crippen molar-refractivity contribution in [2.75, 3.05) is 11.9 Å². The van der Waals surface area contributed by atoms with E-state index in [1.807, 2.05) is 43.1 Å². The molecule has 0 fully saturated rings. The van der Waals surface area contributed by atoms with Gasteiger partial charge < -0.3 is 10.6 Å². The summed E-state index contributed by atoms with van der Waals surface area (Å²) in [5.41, 5.74) is 7.07. The van der Waals surface area contributed by atoms with E-state index in [1.54, 1.807) is 11.3 Å². The number of nitrogens with zero attached hydrogens (tertiary/aromatic N) is 2. The lowest BCUT2D eigenvalue weighted by Crippen LogP contribution is -2.19. The minimum absolute atomic E-state index is 0.0549. The van der Waals surface area contributed by atoms with E-state index in [-0.39, 0.29) is 5.84 Å². The van der Waals surface area contributed by atoms with Crippen molar-refractivity contribution < 1.29 is 0 Å². The smallest absolute Gasteiger partial charge is 0.129 e. The average Bonchev–Trinajstić information content (AvgIpc) is 2.73. The zero-order valence-electron chi connectivity index (χ0n) is 10.8. The summed E-state index contributed by atoms with van der Waals surface area (Å²) < 4.78 is 0.782. The van der Waals surface area contributed by atoms with Crippen LogP contribution in [0.1, 0.15) is 16.1 Å². The van der Waals surface area contributed by atoms with Gasteiger partial charge in [-0.25, -0.2) is 4.98 Å². The molecule has 0 atom stereocenters. The van der Waals surface area contributed by atoms with E-state index in [2.05, 4.69) is 4.98 Å². The molecule has 0 spiro atoms. The zero-order chi connectivity index (χ0) is 14.0. The topological polar surface area (TPSA) is 66.0 Å². The molecule has 0 aromatic carbocycles. The predicted molar refractivity (Wildman–Crippen MR) is 81.4 cm³/mol. The van der Waals surface area contributed by atoms with Crippen LogP contribution in [0, 0.1) is 12.3 Å². The molecular formula is C13H15ClN4S. The number of anilines is 1. The van der Waals surface area contributed by atoms with Crippen LogP contribution in [0.2, 0.25) is 4.34 Å². The molecule has 0 amide bonds. The third-order valence-electron chi connectivity index (χ3n) is 2.66. The van der Waals surface area contributed by atoms with Crippen LogP contribution in [0.4, 0.5) is 5.82 Å². The number of nitrogens with one attached hydrogen (secondary N) is 1. The SMILES string of the molecule is Cc1cc(C(=N)N)cc(N(C)Cc2ccc(Cl)s2)n1. The molecule has 3 N–H and O–H groups in total. The monoisotopic (exact) mass is 294 g/mol. The third kappa shape index (κ3) is 3.45. The zero-order valence-corrected chi connectivity index (χ0v) is 12.3. The molecule has 2 aromatic heterocycles. The molecule has 0 saturated carbocycles. The maximum Gasteiger partial charge on any atom is 0.129 e. The summed E-state index contributed by atoms with van der Waals surface area (Å²) in [5.74, 6) is 0.856. The summed E-state index contributed by atoms with van der Waals surface area (Å²) in [6.45, 7) is 2.62. The second-order valence-corrected chi connectivity index (χ2v) is 6.13. The molecule has 2 heterocycles. The summed E-state index contributed by atoms with van der Waals surface area (Å²) in [6, 6.07) is 7.53. The van der Waals surface area contributed by atoms with Crippen molar-refractivity contribution in [2.24, 2.45) is 5.73 Å². The van der Waals surface area contributed by atoms with Crippen LogP contribution in [0.15, 0.2) is 24.3 Å². The summed E-state index contributed by atoms with van der Waals surface area (Å²) in [5, 5.41) is 7.51. The summed E-state index contributed by atoms with van der Waals surface area (Å²) in [6.07, 6.45) is 0. The standard InChI is InChI=1S/C13H15ClN4S/c1-8-5-9(13(15)16)6-12(17-8)18(2)7-10-3-4-11(14)19-10/h3-6H,7H2,1-2H3,(H3,15,16). The second kappa shape index (κ2) is 5.59. The molecule has 0 saturated heterocycles. The minimum atomic E-state index is 0.0549. The van der Waals surface area contributed by atoms with Crippen molar-refractivity contribution in [3.05, 3.63) is 44.7 Å². The molecule has 0 aliphatic rings. The minimum Gasteiger partial charge on any atom is -0.384 e. The highest BCUT2D eigenvalue weighted by atomic mass is 35.5. The van der Waals surface area contributed by atoms with Crippen LogP contribution >= 0.6 is 22.9 Å². The lowest BCUT2D eigenvalue weighted by molar-refractivity contribution is 0.905. The molecule has 0 radical (unpaired) electrons. The number of aromatic nitrogens is 1. The van der Waals surface area contributed by atoms with E-state index in [0.717, 1.165) is 22.4 Å². The molecule has 0 bridgehead atoms. The van der Waals surface area contributed by atoms with Gasteiger partial charge in [0.2, 0.25) is 0 Å². The number of amidine groups is 1. The fourth-order valence-electron chi connectivity index (χ4n) is 1.75. The highest BCUT2D eigenvalue weighted by Gasteiger charge is 2.09. The van der Waals surface area contributed by atoms with Crippen LogP contribution in [-0.2, 0) is 6.54 Å². The van der Waals surface area contributed by atoms with E-state index in [9.17, 15) is 0 Å². The van der Waals surface area contributed by atoms with Gasteiger partial charge in [-0.1, -0.05) is 11.6 Å². The largest absolute Gasteiger partial charge is 0.384 e. The number of hydrogen-bond acceptors (Lipinski definition) is 4. The molecule has 0 aliphatic heterocycles. The van der Waals surface area contributed by atoms with E-state index >= 15 is 0 Å². The van der Waals surface area contributed by atoms with Crippen molar-refractivity contribution in [1.82, 2.24) is 4.98 Å². The summed E-state index contributed by atoms with van der Waals surface area (Å²) in [4.78, 5) is 7.65. The van der Waals surface area contributed by atoms with Gasteiger partial charge in [-0.05, 0) is 31.2 Å². The van der Waals surface area contributed by atoms with Crippen molar-refractivity contribution in [2.45, 2.75) is 13.5 Å². The number of aryl methyl sites for hydroxylation is 1. The Hall–Kier alpha value is -1.59. The summed E-state index contributed by atoms with van der Waals surface area (Å²) >= 11 is 7.48. The molecule has 4 nitrogen and oxygen atoms in total. The number of hydrogen-bond donors (Lipinski definition) is 2. The molecule has 100 valence electrons. The van der Waals surface area contributed by atoms with Crippen molar-refractivity contribution in [3.8, 4) is 0 Å². The Kier molecular flexibility index (Phi) is 4.07. The van der Waals surface area contributed by atoms with E-state index in [0.29, 0.717) is 5.56 Å². The van der Waals surface area contributed by atoms with Crippen LogP contribution in [0.5, 0.6) is 0 Å². The Labute approximate surface area is 121 Å². The average molecular weight is 295 g/mol. The van der Waals surface area contributed by atoms with E-state index in [4.69, 9.17) is 22.7 Å². The molecule has 2 aromatic rings. The first kappa shape index (κ1) is 13.8. The first-order valence-corrected chi connectivity index (χ1v) is 6.93. The number of nitrogen functional groups attached to an aromatic ring is 1. The van der Waals surface area contributed by atoms with Gasteiger partial charge in [0.05, 0.1) is 10.9 Å². The van der Waals surface area contributed by atoms with Crippen LogP contribution < -0.4 is 10.6 Å². The Morgan fingerprint density at radius 1 is 1.47 bits per heavy atom. The van der Waals surface area contributed by atoms with Crippen molar-refractivity contribution in [3.63, 3.8) is 0 Å². The third-order valence-corrected chi connectivity index (χ3v) is 3.88. The highest BCUT2D eigenvalue weighted by molar-refractivity contribution is 7.16. The second-order valence-electron chi connectivity index (χ2n) is 4.33. The first-order chi connectivity index (χ1) is 8.95. The molecule has 6 heteroatoms. The molecular weight excluding hydrogens is 280 g/mol. The number of thiophene rings is 1. The number of nitrogens with two attached hydrogens (primary N) is 1. The molecule has 0 unspecified atom stereocenters. The Bertz CT molecular complexity index is 608. The van der Waals surface area contributed by atoms with Crippen LogP contribution in [0.25, 0.3) is 0 Å². The number of rotatable bonds is 4. The van der Waals surface area contributed by atoms with Gasteiger partial charge >= 0.3 is 0 Å². The van der Waals surface area contributed by atoms with Gasteiger partial charge in [0.25, 0.3) is 0 Å². The number of halogens is 1. The van der Waals surface area contributed by atoms with Gasteiger partial charge in [-0.15, -0.1) is 11.3 Å². The van der Waals surface area contributed by atoms with Gasteiger partial charge in [-0.2, -0.15) is 0 Å². The molecule has 0 aliphatic carbocycles. The lowest BCUT2D eigenvalue weighted by Gasteiger charge is -2.18. The van der Waals surface area contributed by atoms with Gasteiger partial charge in [0.15, 0.2) is 0 Å². The van der Waals surface area contributed by atoms with Crippen LogP contribution in [-0.4, -0.2) is 17.9 Å². The van der Waals surface area contributed by atoms with Crippen molar-refractivity contribution >= 4 is 34.6 Å².